The molecular weight excluding hydrogens is 498 g/mol. The van der Waals surface area contributed by atoms with E-state index >= 15 is 0 Å². The van der Waals surface area contributed by atoms with E-state index in [2.05, 4.69) is 32.1 Å². The first-order valence-corrected chi connectivity index (χ1v) is 13.5. The SMILES string of the molecule is C=CC(=O)Nc1cccc(Oc2nc(Nc3ccc(CC(=O)CCN4CCCC4)cc3)nc3ccsc23)c1. The number of thiophene rings is 1. The summed E-state index contributed by atoms with van der Waals surface area (Å²) in [6.45, 7) is 6.56. The Hall–Kier alpha value is -4.08. The molecule has 1 aliphatic rings. The number of anilines is 3. The lowest BCUT2D eigenvalue weighted by atomic mass is 10.1. The van der Waals surface area contributed by atoms with Gasteiger partial charge < -0.3 is 20.3 Å². The fraction of sp³-hybridized carbons (Fsp3) is 0.241. The summed E-state index contributed by atoms with van der Waals surface area (Å²) in [6, 6.07) is 16.8. The molecule has 0 radical (unpaired) electrons. The molecule has 2 aromatic heterocycles. The lowest BCUT2D eigenvalue weighted by Gasteiger charge is -2.13. The van der Waals surface area contributed by atoms with E-state index in [1.807, 2.05) is 35.7 Å². The normalized spacial score (nSPS) is 13.4. The van der Waals surface area contributed by atoms with Crippen LogP contribution in [0.15, 0.2) is 72.6 Å². The van der Waals surface area contributed by atoms with Gasteiger partial charge in [-0.3, -0.25) is 9.59 Å². The minimum absolute atomic E-state index is 0.263. The van der Waals surface area contributed by atoms with Gasteiger partial charge in [-0.2, -0.15) is 4.98 Å². The minimum Gasteiger partial charge on any atom is -0.437 e. The summed E-state index contributed by atoms with van der Waals surface area (Å²) < 4.78 is 6.93. The number of rotatable bonds is 11. The molecule has 9 heteroatoms. The molecule has 194 valence electrons. The van der Waals surface area contributed by atoms with Crippen LogP contribution in [0, 0.1) is 0 Å². The van der Waals surface area contributed by atoms with E-state index in [4.69, 9.17) is 4.74 Å². The molecule has 2 N–H and O–H groups in total. The Kier molecular flexibility index (Phi) is 8.06. The molecule has 0 bridgehead atoms. The van der Waals surface area contributed by atoms with Crippen molar-refractivity contribution < 1.29 is 14.3 Å². The average molecular weight is 528 g/mol. The van der Waals surface area contributed by atoms with Crippen molar-refractivity contribution in [2.75, 3.05) is 30.3 Å². The van der Waals surface area contributed by atoms with Crippen LogP contribution >= 0.6 is 11.3 Å². The number of likely N-dealkylation sites (tertiary alicyclic amines) is 1. The number of hydrogen-bond donors (Lipinski definition) is 2. The quantitative estimate of drug-likeness (QED) is 0.233. The number of fused-ring (bicyclic) bond motifs is 1. The first kappa shape index (κ1) is 25.6. The van der Waals surface area contributed by atoms with E-state index in [0.29, 0.717) is 36.1 Å². The van der Waals surface area contributed by atoms with Crippen LogP contribution in [0.3, 0.4) is 0 Å². The summed E-state index contributed by atoms with van der Waals surface area (Å²) >= 11 is 1.49. The second kappa shape index (κ2) is 12.0. The highest BCUT2D eigenvalue weighted by Crippen LogP contribution is 2.33. The van der Waals surface area contributed by atoms with Gasteiger partial charge in [0.05, 0.1) is 5.52 Å². The number of Topliss-reactive ketones (excluding diaryl/α,β-unsaturated/α-hetero) is 1. The number of hydrogen-bond acceptors (Lipinski definition) is 8. The van der Waals surface area contributed by atoms with Gasteiger partial charge in [-0.05, 0) is 73.3 Å². The number of nitrogens with one attached hydrogen (secondary N) is 2. The second-order valence-corrected chi connectivity index (χ2v) is 10.1. The fourth-order valence-corrected chi connectivity index (χ4v) is 5.10. The monoisotopic (exact) mass is 527 g/mol. The van der Waals surface area contributed by atoms with Crippen LogP contribution in [0.2, 0.25) is 0 Å². The Labute approximate surface area is 225 Å². The molecule has 4 aromatic rings. The van der Waals surface area contributed by atoms with E-state index in [1.165, 1.54) is 30.3 Å². The molecule has 2 aromatic carbocycles. The molecule has 5 rings (SSSR count). The van der Waals surface area contributed by atoms with Crippen molar-refractivity contribution in [2.45, 2.75) is 25.7 Å². The van der Waals surface area contributed by atoms with Crippen molar-refractivity contribution in [2.24, 2.45) is 0 Å². The molecule has 1 amide bonds. The van der Waals surface area contributed by atoms with Crippen LogP contribution in [0.25, 0.3) is 10.2 Å². The fourth-order valence-electron chi connectivity index (χ4n) is 4.34. The summed E-state index contributed by atoms with van der Waals surface area (Å²) in [5.74, 6) is 1.31. The van der Waals surface area contributed by atoms with E-state index in [0.717, 1.165) is 41.1 Å². The molecule has 8 nitrogen and oxygen atoms in total. The maximum absolute atomic E-state index is 12.4. The summed E-state index contributed by atoms with van der Waals surface area (Å²) in [4.78, 5) is 35.7. The van der Waals surface area contributed by atoms with Crippen molar-refractivity contribution in [3.05, 3.63) is 78.2 Å². The van der Waals surface area contributed by atoms with Crippen LogP contribution in [0.4, 0.5) is 17.3 Å². The van der Waals surface area contributed by atoms with Gasteiger partial charge >= 0.3 is 0 Å². The van der Waals surface area contributed by atoms with Crippen LogP contribution in [0.5, 0.6) is 11.6 Å². The summed E-state index contributed by atoms with van der Waals surface area (Å²) in [7, 11) is 0. The summed E-state index contributed by atoms with van der Waals surface area (Å²) in [5.41, 5.74) is 3.16. The van der Waals surface area contributed by atoms with Crippen LogP contribution in [-0.2, 0) is 16.0 Å². The van der Waals surface area contributed by atoms with E-state index in [-0.39, 0.29) is 11.7 Å². The van der Waals surface area contributed by atoms with Crippen LogP contribution in [0.1, 0.15) is 24.8 Å². The second-order valence-electron chi connectivity index (χ2n) is 9.15. The van der Waals surface area contributed by atoms with Gasteiger partial charge in [0.1, 0.15) is 16.2 Å². The number of ketones is 1. The van der Waals surface area contributed by atoms with Crippen molar-refractivity contribution in [1.29, 1.82) is 0 Å². The Morgan fingerprint density at radius 2 is 1.87 bits per heavy atom. The first-order valence-electron chi connectivity index (χ1n) is 12.6. The molecule has 1 fully saturated rings. The highest BCUT2D eigenvalue weighted by molar-refractivity contribution is 7.17. The molecule has 0 unspecified atom stereocenters. The number of ether oxygens (including phenoxy) is 1. The minimum atomic E-state index is -0.297. The summed E-state index contributed by atoms with van der Waals surface area (Å²) in [6.07, 6.45) is 4.73. The highest BCUT2D eigenvalue weighted by Gasteiger charge is 2.14. The molecule has 0 atom stereocenters. The topological polar surface area (TPSA) is 96.4 Å². The molecule has 0 spiro atoms. The van der Waals surface area contributed by atoms with E-state index in [9.17, 15) is 9.59 Å². The molecule has 3 heterocycles. The molecular formula is C29H29N5O3S. The Balaban J connectivity index is 1.25. The van der Waals surface area contributed by atoms with Gasteiger partial charge in [0.15, 0.2) is 0 Å². The molecule has 1 saturated heterocycles. The molecule has 1 aliphatic heterocycles. The number of amides is 1. The molecule has 0 aliphatic carbocycles. The van der Waals surface area contributed by atoms with E-state index in [1.54, 1.807) is 24.3 Å². The largest absolute Gasteiger partial charge is 0.437 e. The Morgan fingerprint density at radius 3 is 2.66 bits per heavy atom. The van der Waals surface area contributed by atoms with Gasteiger partial charge in [0.25, 0.3) is 0 Å². The van der Waals surface area contributed by atoms with Gasteiger partial charge in [0, 0.05) is 36.8 Å². The van der Waals surface area contributed by atoms with Crippen LogP contribution < -0.4 is 15.4 Å². The van der Waals surface area contributed by atoms with Crippen molar-refractivity contribution in [3.8, 4) is 11.6 Å². The van der Waals surface area contributed by atoms with Crippen molar-refractivity contribution in [3.63, 3.8) is 0 Å². The molecule has 38 heavy (non-hydrogen) atoms. The zero-order valence-corrected chi connectivity index (χ0v) is 21.8. The number of nitrogens with zero attached hydrogens (tertiary/aromatic N) is 3. The first-order chi connectivity index (χ1) is 18.6. The van der Waals surface area contributed by atoms with E-state index < -0.39 is 0 Å². The zero-order chi connectivity index (χ0) is 26.3. The van der Waals surface area contributed by atoms with Gasteiger partial charge in [-0.25, -0.2) is 4.98 Å². The smallest absolute Gasteiger partial charge is 0.247 e. The number of benzene rings is 2. The Bertz CT molecular complexity index is 1440. The maximum atomic E-state index is 12.4. The van der Waals surface area contributed by atoms with Crippen molar-refractivity contribution >= 4 is 50.6 Å². The van der Waals surface area contributed by atoms with Gasteiger partial charge in [-0.15, -0.1) is 11.3 Å². The predicted octanol–water partition coefficient (Wildman–Crippen LogP) is 5.95. The number of carbonyl (C=O) groups is 2. The standard InChI is InChI=1S/C29H29N5O3S/c1-2-26(36)30-22-6-5-7-24(19-22)37-28-27-25(13-17-38-27)32-29(33-28)31-21-10-8-20(9-11-21)18-23(35)12-16-34-14-3-4-15-34/h2,5-11,13,17,19H,1,3-4,12,14-16,18H2,(H,30,36)(H,31,32,33). The average Bonchev–Trinajstić information content (AvgIpc) is 3.61. The predicted molar refractivity (Wildman–Crippen MR) is 151 cm³/mol. The molecule has 0 saturated carbocycles. The lowest BCUT2D eigenvalue weighted by Crippen LogP contribution is -2.23. The number of carbonyl (C=O) groups excluding carboxylic acids is 2. The van der Waals surface area contributed by atoms with Crippen LogP contribution in [-0.4, -0.2) is 46.2 Å². The third-order valence-corrected chi connectivity index (χ3v) is 7.18. The zero-order valence-electron chi connectivity index (χ0n) is 21.0. The van der Waals surface area contributed by atoms with Crippen molar-refractivity contribution in [1.82, 2.24) is 14.9 Å². The van der Waals surface area contributed by atoms with Gasteiger partial charge in [0.2, 0.25) is 17.7 Å². The number of aromatic nitrogens is 2. The third kappa shape index (κ3) is 6.62. The highest BCUT2D eigenvalue weighted by atomic mass is 32.1. The maximum Gasteiger partial charge on any atom is 0.247 e. The third-order valence-electron chi connectivity index (χ3n) is 6.29. The van der Waals surface area contributed by atoms with Gasteiger partial charge in [-0.1, -0.05) is 24.8 Å². The lowest BCUT2D eigenvalue weighted by molar-refractivity contribution is -0.118. The Morgan fingerprint density at radius 1 is 1.05 bits per heavy atom. The summed E-state index contributed by atoms with van der Waals surface area (Å²) in [5, 5.41) is 7.91.